The third kappa shape index (κ3) is 42.8. The molecule has 0 spiro atoms. The van der Waals surface area contributed by atoms with Crippen LogP contribution < -0.4 is 16.0 Å². The molecule has 0 bridgehead atoms. The third-order valence-corrected chi connectivity index (χ3v) is 11.5. The molecule has 0 fully saturated rings. The predicted octanol–water partition coefficient (Wildman–Crippen LogP) is -8.94. The maximum Gasteiger partial charge on any atom is 0.222 e. The van der Waals surface area contributed by atoms with Gasteiger partial charge in [0.2, 0.25) is 17.7 Å². The summed E-state index contributed by atoms with van der Waals surface area (Å²) in [6, 6.07) is 0. The van der Waals surface area contributed by atoms with Crippen molar-refractivity contribution in [1.29, 1.82) is 0 Å². The monoisotopic (exact) mass is 1220 g/mol. The van der Waals surface area contributed by atoms with Gasteiger partial charge in [-0.3, -0.25) is 14.4 Å². The number of hydrogen-bond donors (Lipinski definition) is 18. The summed E-state index contributed by atoms with van der Waals surface area (Å²) in [5, 5.41) is 152. The fourth-order valence-corrected chi connectivity index (χ4v) is 6.67. The first-order valence-electron chi connectivity index (χ1n) is 27.6. The average molecular weight is 1220 g/mol. The number of carbonyl (C=O) groups is 3. The zero-order valence-corrected chi connectivity index (χ0v) is 47.6. The van der Waals surface area contributed by atoms with Crippen molar-refractivity contribution in [2.24, 2.45) is 5.41 Å². The topological polar surface area (TPSA) is 502 Å². The lowest BCUT2D eigenvalue weighted by atomic mass is 9.94. The highest BCUT2D eigenvalue weighted by atomic mass is 16.6. The van der Waals surface area contributed by atoms with Gasteiger partial charge in [-0.2, -0.15) is 0 Å². The minimum Gasteiger partial charge on any atom is -0.396 e. The first kappa shape index (κ1) is 80.3. The number of nitrogens with one attached hydrogen (secondary N) is 3. The Bertz CT molecular complexity index is 1370. The molecular formula is C50H99N3O30. The Morgan fingerprint density at radius 1 is 0.325 bits per heavy atom. The van der Waals surface area contributed by atoms with Gasteiger partial charge in [0.15, 0.2) is 18.9 Å². The zero-order chi connectivity index (χ0) is 62.1. The molecule has 0 aromatic heterocycles. The van der Waals surface area contributed by atoms with Crippen molar-refractivity contribution in [2.75, 3.05) is 178 Å². The summed E-state index contributed by atoms with van der Waals surface area (Å²) in [6.07, 6.45) is -20.9. The first-order valence-corrected chi connectivity index (χ1v) is 27.6. The molecule has 0 aliphatic carbocycles. The quantitative estimate of drug-likeness (QED) is 0.0199. The van der Waals surface area contributed by atoms with E-state index in [2.05, 4.69) is 16.0 Å². The Morgan fingerprint density at radius 3 is 0.795 bits per heavy atom. The summed E-state index contributed by atoms with van der Waals surface area (Å²) in [5.74, 6) is -0.909. The Balaban J connectivity index is 4.65. The van der Waals surface area contributed by atoms with Gasteiger partial charge >= 0.3 is 0 Å². The summed E-state index contributed by atoms with van der Waals surface area (Å²) < 4.78 is 64.7. The molecular weight excluding hydrogens is 1120 g/mol. The Hall–Kier alpha value is -2.67. The van der Waals surface area contributed by atoms with Crippen LogP contribution in [0, 0.1) is 5.41 Å². The van der Waals surface area contributed by atoms with E-state index in [0.29, 0.717) is 0 Å². The van der Waals surface area contributed by atoms with Gasteiger partial charge in [-0.05, 0) is 19.3 Å². The largest absolute Gasteiger partial charge is 0.396 e. The molecule has 0 heterocycles. The average Bonchev–Trinajstić information content (AvgIpc) is 3.48. The fraction of sp³-hybridized carbons (Fsp3) is 0.940. The van der Waals surface area contributed by atoms with Crippen molar-refractivity contribution in [3.05, 3.63) is 0 Å². The van der Waals surface area contributed by atoms with E-state index in [0.717, 1.165) is 0 Å². The molecule has 0 aromatic carbocycles. The number of rotatable bonds is 60. The van der Waals surface area contributed by atoms with E-state index in [-0.39, 0.29) is 215 Å². The van der Waals surface area contributed by atoms with Gasteiger partial charge in [0.25, 0.3) is 0 Å². The summed E-state index contributed by atoms with van der Waals surface area (Å²) >= 11 is 0. The van der Waals surface area contributed by atoms with Gasteiger partial charge in [-0.25, -0.2) is 0 Å². The molecule has 3 unspecified atom stereocenters. The highest BCUT2D eigenvalue weighted by molar-refractivity contribution is 5.76. The second-order valence-electron chi connectivity index (χ2n) is 18.9. The van der Waals surface area contributed by atoms with Crippen LogP contribution in [0.4, 0.5) is 0 Å². The van der Waals surface area contributed by atoms with Gasteiger partial charge < -0.3 is 149 Å². The van der Waals surface area contributed by atoms with Crippen LogP contribution in [0.5, 0.6) is 0 Å². The minimum absolute atomic E-state index is 0.0161. The van der Waals surface area contributed by atoms with Crippen molar-refractivity contribution in [3.63, 3.8) is 0 Å². The first-order chi connectivity index (χ1) is 39.7. The van der Waals surface area contributed by atoms with Crippen LogP contribution in [-0.4, -0.2) is 346 Å². The number of hydrogen-bond acceptors (Lipinski definition) is 30. The highest BCUT2D eigenvalue weighted by Crippen LogP contribution is 2.19. The number of carbonyl (C=O) groups excluding carboxylic acids is 3. The maximum atomic E-state index is 12.5. The van der Waals surface area contributed by atoms with E-state index in [1.54, 1.807) is 0 Å². The van der Waals surface area contributed by atoms with Gasteiger partial charge in [0.05, 0.1) is 157 Å². The number of ether oxygens (including phenoxy) is 12. The smallest absolute Gasteiger partial charge is 0.222 e. The summed E-state index contributed by atoms with van der Waals surface area (Å²) in [6.45, 7) is 2.65. The standard InChI is InChI=1S/C50H99N3O30/c1-50(32-78-14-5-38(60)51-8-17-72-20-23-75-26-29-81-47(69)44(66)41(63)35(57)2-11-54,33-79-15-6-39(61)52-9-18-73-21-24-76-27-30-82-48(70)45(67)42(64)36(58)3-12-55)34-80-16-7-40(62)53-10-19-74-22-25-77-28-31-83-49(71)46(68)43(65)37(59)4-13-56/h35-37,41-49,54-59,63-71H,2-34H2,1H3,(H,51,60)(H,52,61)(H,53,62)/t35-,36-,37-,41+,42+,43+,44?,45?,46?,47-,48-,49-,50?/m1/s1. The molecule has 0 radical (unpaired) electrons. The molecule has 0 aliphatic heterocycles. The van der Waals surface area contributed by atoms with Crippen molar-refractivity contribution in [2.45, 2.75) is 119 Å². The molecule has 0 aromatic rings. The van der Waals surface area contributed by atoms with E-state index in [9.17, 15) is 75.7 Å². The van der Waals surface area contributed by atoms with Crippen molar-refractivity contribution < 1.29 is 148 Å². The molecule has 494 valence electrons. The lowest BCUT2D eigenvalue weighted by Gasteiger charge is -2.29. The van der Waals surface area contributed by atoms with Gasteiger partial charge in [0.1, 0.15) is 36.6 Å². The van der Waals surface area contributed by atoms with Gasteiger partial charge in [-0.15, -0.1) is 0 Å². The van der Waals surface area contributed by atoms with Crippen LogP contribution in [0.3, 0.4) is 0 Å². The highest BCUT2D eigenvalue weighted by Gasteiger charge is 2.33. The third-order valence-electron chi connectivity index (χ3n) is 11.5. The molecule has 0 saturated carbocycles. The van der Waals surface area contributed by atoms with E-state index in [1.807, 2.05) is 6.92 Å². The van der Waals surface area contributed by atoms with Gasteiger partial charge in [0, 0.05) is 64.1 Å². The lowest BCUT2D eigenvalue weighted by Crippen LogP contribution is -2.46. The molecule has 83 heavy (non-hydrogen) atoms. The van der Waals surface area contributed by atoms with Crippen LogP contribution >= 0.6 is 0 Å². The van der Waals surface area contributed by atoms with Gasteiger partial charge in [-0.1, -0.05) is 6.92 Å². The van der Waals surface area contributed by atoms with Crippen LogP contribution in [0.1, 0.15) is 45.4 Å². The van der Waals surface area contributed by atoms with Crippen LogP contribution in [0.25, 0.3) is 0 Å². The SMILES string of the molecule is CC(COCCC(=O)NCCOCCOCCO[C@@H](O)C(O)[C@@H](O)[C@H](O)CCO)(COCCC(=O)NCCOCCOCCO[C@@H](O)C(O)[C@@H](O)[C@H](O)CCO)COCCC(=O)NCCOCCOCCO[C@@H](O)C(O)[C@@H](O)[C@H](O)CCO. The maximum absolute atomic E-state index is 12.5. The Kier molecular flexibility index (Phi) is 50.8. The number of aliphatic hydroxyl groups excluding tert-OH is 15. The summed E-state index contributed by atoms with van der Waals surface area (Å²) in [5.41, 5.74) is -0.773. The van der Waals surface area contributed by atoms with Crippen molar-refractivity contribution in [1.82, 2.24) is 16.0 Å². The zero-order valence-electron chi connectivity index (χ0n) is 47.6. The Labute approximate surface area is 483 Å². The molecule has 3 amide bonds. The molecule has 0 rings (SSSR count). The van der Waals surface area contributed by atoms with Crippen LogP contribution in [0.15, 0.2) is 0 Å². The van der Waals surface area contributed by atoms with Crippen LogP contribution in [0.2, 0.25) is 0 Å². The molecule has 18 N–H and O–H groups in total. The fourth-order valence-electron chi connectivity index (χ4n) is 6.67. The number of aliphatic hydroxyl groups is 15. The van der Waals surface area contributed by atoms with E-state index >= 15 is 0 Å². The van der Waals surface area contributed by atoms with E-state index in [1.165, 1.54) is 0 Å². The van der Waals surface area contributed by atoms with Crippen molar-refractivity contribution >= 4 is 17.7 Å². The van der Waals surface area contributed by atoms with Crippen molar-refractivity contribution in [3.8, 4) is 0 Å². The summed E-state index contributed by atoms with van der Waals surface area (Å²) in [4.78, 5) is 37.4. The van der Waals surface area contributed by atoms with E-state index < -0.39 is 99.0 Å². The normalized spacial score (nSPS) is 17.1. The Morgan fingerprint density at radius 2 is 0.554 bits per heavy atom. The second-order valence-corrected chi connectivity index (χ2v) is 18.9. The number of amides is 3. The lowest BCUT2D eigenvalue weighted by molar-refractivity contribution is -0.207. The van der Waals surface area contributed by atoms with E-state index in [4.69, 9.17) is 72.2 Å². The minimum atomic E-state index is -1.80. The molecule has 0 aliphatic rings. The molecule has 12 atom stereocenters. The molecule has 33 nitrogen and oxygen atoms in total. The predicted molar refractivity (Wildman–Crippen MR) is 283 cm³/mol. The van der Waals surface area contributed by atoms with Crippen LogP contribution in [-0.2, 0) is 71.2 Å². The molecule has 0 saturated heterocycles. The molecule has 33 heteroatoms. The summed E-state index contributed by atoms with van der Waals surface area (Å²) in [7, 11) is 0. The second kappa shape index (κ2) is 52.5.